The zero-order valence-corrected chi connectivity index (χ0v) is 9.69. The van der Waals surface area contributed by atoms with Crippen molar-refractivity contribution in [3.05, 3.63) is 5.82 Å². The van der Waals surface area contributed by atoms with Gasteiger partial charge in [-0.1, -0.05) is 6.92 Å². The summed E-state index contributed by atoms with van der Waals surface area (Å²) in [4.78, 5) is 4.24. The molecule has 0 amide bonds. The molecular formula is C9H17N3OS. The highest BCUT2D eigenvalue weighted by Crippen LogP contribution is 2.22. The highest BCUT2D eigenvalue weighted by molar-refractivity contribution is 7.09. The third-order valence-corrected chi connectivity index (χ3v) is 3.10. The van der Waals surface area contributed by atoms with Crippen LogP contribution in [0.4, 0.5) is 5.13 Å². The number of aromatic nitrogens is 2. The number of anilines is 1. The summed E-state index contributed by atoms with van der Waals surface area (Å²) in [6.45, 7) is 6.24. The fourth-order valence-corrected chi connectivity index (χ4v) is 1.90. The number of hydrogen-bond acceptors (Lipinski definition) is 5. The quantitative estimate of drug-likeness (QED) is 0.786. The number of aliphatic hydroxyl groups is 1. The third kappa shape index (κ3) is 2.92. The minimum Gasteiger partial charge on any atom is -0.396 e. The van der Waals surface area contributed by atoms with Crippen molar-refractivity contribution in [2.24, 2.45) is 0 Å². The van der Waals surface area contributed by atoms with Crippen LogP contribution in [-0.2, 0) is 0 Å². The van der Waals surface area contributed by atoms with Gasteiger partial charge in [-0.25, -0.2) is 4.98 Å². The lowest BCUT2D eigenvalue weighted by Crippen LogP contribution is -2.34. The largest absolute Gasteiger partial charge is 0.396 e. The van der Waals surface area contributed by atoms with Gasteiger partial charge in [0.25, 0.3) is 0 Å². The molecule has 1 aromatic rings. The highest BCUT2D eigenvalue weighted by Gasteiger charge is 2.22. The molecule has 80 valence electrons. The van der Waals surface area contributed by atoms with E-state index < -0.39 is 0 Å². The number of aliphatic hydroxyl groups excluding tert-OH is 1. The first kappa shape index (κ1) is 11.4. The van der Waals surface area contributed by atoms with Gasteiger partial charge in [0.15, 0.2) is 0 Å². The van der Waals surface area contributed by atoms with Crippen LogP contribution in [-0.4, -0.2) is 26.6 Å². The summed E-state index contributed by atoms with van der Waals surface area (Å²) in [5.41, 5.74) is -0.0826. The van der Waals surface area contributed by atoms with Crippen molar-refractivity contribution in [2.45, 2.75) is 39.2 Å². The van der Waals surface area contributed by atoms with E-state index in [2.05, 4.69) is 28.5 Å². The zero-order chi connectivity index (χ0) is 10.6. The van der Waals surface area contributed by atoms with E-state index >= 15 is 0 Å². The molecule has 0 aliphatic carbocycles. The van der Waals surface area contributed by atoms with Crippen LogP contribution in [0.3, 0.4) is 0 Å². The van der Waals surface area contributed by atoms with Crippen LogP contribution < -0.4 is 5.32 Å². The minimum absolute atomic E-state index is 0.0826. The second kappa shape index (κ2) is 4.70. The summed E-state index contributed by atoms with van der Waals surface area (Å²) in [5.74, 6) is 0.792. The summed E-state index contributed by atoms with van der Waals surface area (Å²) in [7, 11) is 0. The highest BCUT2D eigenvalue weighted by atomic mass is 32.1. The summed E-state index contributed by atoms with van der Waals surface area (Å²) in [6.07, 6.45) is 1.67. The topological polar surface area (TPSA) is 58.0 Å². The Bertz CT molecular complexity index is 289. The molecular weight excluding hydrogens is 198 g/mol. The minimum atomic E-state index is -0.0826. The maximum Gasteiger partial charge on any atom is 0.202 e. The molecule has 1 aromatic heterocycles. The molecule has 0 aliphatic heterocycles. The normalized spacial score (nSPS) is 15.1. The Kier molecular flexibility index (Phi) is 3.83. The Balaban J connectivity index is 2.64. The van der Waals surface area contributed by atoms with Gasteiger partial charge >= 0.3 is 0 Å². The molecule has 1 rings (SSSR count). The molecule has 0 radical (unpaired) electrons. The standard InChI is InChI=1S/C9H17N3OS/c1-4-9(3,5-6-13)11-8-10-7(2)12-14-8/h13H,4-6H2,1-3H3,(H,10,11,12). The summed E-state index contributed by atoms with van der Waals surface area (Å²) in [5, 5.41) is 13.1. The van der Waals surface area contributed by atoms with Gasteiger partial charge in [-0.15, -0.1) is 0 Å². The van der Waals surface area contributed by atoms with E-state index in [1.165, 1.54) is 11.5 Å². The lowest BCUT2D eigenvalue weighted by Gasteiger charge is -2.28. The molecule has 1 atom stereocenters. The first-order chi connectivity index (χ1) is 6.59. The molecule has 14 heavy (non-hydrogen) atoms. The molecule has 0 aliphatic rings. The van der Waals surface area contributed by atoms with Gasteiger partial charge in [-0.05, 0) is 26.7 Å². The average molecular weight is 215 g/mol. The number of aryl methyl sites for hydroxylation is 1. The SMILES string of the molecule is CCC(C)(CCO)Nc1nc(C)ns1. The molecule has 0 spiro atoms. The van der Waals surface area contributed by atoms with Gasteiger partial charge in [0.05, 0.1) is 0 Å². The lowest BCUT2D eigenvalue weighted by molar-refractivity contribution is 0.252. The predicted molar refractivity (Wildman–Crippen MR) is 58.7 cm³/mol. The molecule has 0 aromatic carbocycles. The van der Waals surface area contributed by atoms with Crippen LogP contribution in [0.15, 0.2) is 0 Å². The molecule has 0 bridgehead atoms. The fourth-order valence-electron chi connectivity index (χ4n) is 1.18. The van der Waals surface area contributed by atoms with E-state index in [4.69, 9.17) is 5.11 Å². The van der Waals surface area contributed by atoms with Gasteiger partial charge in [0, 0.05) is 23.7 Å². The molecule has 0 fully saturated rings. The first-order valence-electron chi connectivity index (χ1n) is 4.79. The molecule has 0 saturated carbocycles. The number of nitrogens with zero attached hydrogens (tertiary/aromatic N) is 2. The Morgan fingerprint density at radius 1 is 1.57 bits per heavy atom. The maximum atomic E-state index is 8.94. The van der Waals surface area contributed by atoms with Crippen molar-refractivity contribution in [1.82, 2.24) is 9.36 Å². The van der Waals surface area contributed by atoms with Crippen molar-refractivity contribution in [3.63, 3.8) is 0 Å². The Labute approximate surface area is 88.6 Å². The Morgan fingerprint density at radius 3 is 2.71 bits per heavy atom. The van der Waals surface area contributed by atoms with Crippen LogP contribution in [0.5, 0.6) is 0 Å². The maximum absolute atomic E-state index is 8.94. The fraction of sp³-hybridized carbons (Fsp3) is 0.778. The summed E-state index contributed by atoms with van der Waals surface area (Å²) in [6, 6.07) is 0. The molecule has 1 heterocycles. The van der Waals surface area contributed by atoms with Crippen molar-refractivity contribution in [1.29, 1.82) is 0 Å². The molecule has 1 unspecified atom stereocenters. The van der Waals surface area contributed by atoms with Gasteiger partial charge in [-0.2, -0.15) is 4.37 Å². The zero-order valence-electron chi connectivity index (χ0n) is 8.87. The van der Waals surface area contributed by atoms with Crippen LogP contribution in [0.2, 0.25) is 0 Å². The third-order valence-electron chi connectivity index (χ3n) is 2.38. The molecule has 2 N–H and O–H groups in total. The lowest BCUT2D eigenvalue weighted by atomic mass is 9.95. The second-order valence-electron chi connectivity index (χ2n) is 3.66. The molecule has 0 saturated heterocycles. The van der Waals surface area contributed by atoms with Gasteiger partial charge in [-0.3, -0.25) is 0 Å². The van der Waals surface area contributed by atoms with Crippen LogP contribution in [0.25, 0.3) is 0 Å². The van der Waals surface area contributed by atoms with Crippen LogP contribution in [0, 0.1) is 6.92 Å². The molecule has 4 nitrogen and oxygen atoms in total. The van der Waals surface area contributed by atoms with Crippen LogP contribution in [0.1, 0.15) is 32.5 Å². The molecule has 5 heteroatoms. The van der Waals surface area contributed by atoms with Crippen molar-refractivity contribution in [3.8, 4) is 0 Å². The van der Waals surface area contributed by atoms with Gasteiger partial charge in [0.1, 0.15) is 5.82 Å². The van der Waals surface area contributed by atoms with Crippen molar-refractivity contribution in [2.75, 3.05) is 11.9 Å². The van der Waals surface area contributed by atoms with E-state index in [1.807, 2.05) is 6.92 Å². The average Bonchev–Trinajstić information content (AvgIpc) is 2.51. The van der Waals surface area contributed by atoms with Gasteiger partial charge in [0.2, 0.25) is 5.13 Å². The smallest absolute Gasteiger partial charge is 0.202 e. The second-order valence-corrected chi connectivity index (χ2v) is 4.41. The first-order valence-corrected chi connectivity index (χ1v) is 5.56. The van der Waals surface area contributed by atoms with Gasteiger partial charge < -0.3 is 10.4 Å². The number of nitrogens with one attached hydrogen (secondary N) is 1. The van der Waals surface area contributed by atoms with Crippen LogP contribution >= 0.6 is 11.5 Å². The Hall–Kier alpha value is -0.680. The Morgan fingerprint density at radius 2 is 2.29 bits per heavy atom. The monoisotopic (exact) mass is 215 g/mol. The number of rotatable bonds is 5. The van der Waals surface area contributed by atoms with E-state index in [0.29, 0.717) is 0 Å². The van der Waals surface area contributed by atoms with Crippen molar-refractivity contribution >= 4 is 16.7 Å². The van der Waals surface area contributed by atoms with E-state index in [9.17, 15) is 0 Å². The number of hydrogen-bond donors (Lipinski definition) is 2. The van der Waals surface area contributed by atoms with E-state index in [-0.39, 0.29) is 12.1 Å². The summed E-state index contributed by atoms with van der Waals surface area (Å²) >= 11 is 1.36. The van der Waals surface area contributed by atoms with Crippen molar-refractivity contribution < 1.29 is 5.11 Å². The van der Waals surface area contributed by atoms with E-state index in [0.717, 1.165) is 23.8 Å². The predicted octanol–water partition coefficient (Wildman–Crippen LogP) is 1.81. The summed E-state index contributed by atoms with van der Waals surface area (Å²) < 4.78 is 4.10. The van der Waals surface area contributed by atoms with E-state index in [1.54, 1.807) is 0 Å².